The molecule has 1 heterocycles. The molecule has 0 fully saturated rings. The molecule has 0 radical (unpaired) electrons. The lowest BCUT2D eigenvalue weighted by atomic mass is 10.1. The molecule has 0 amide bonds. The molecule has 0 saturated heterocycles. The molecule has 3 nitrogen and oxygen atoms in total. The topological polar surface area (TPSA) is 21.7 Å². The summed E-state index contributed by atoms with van der Waals surface area (Å²) in [5.74, 6) is 2.32. The highest BCUT2D eigenvalue weighted by Crippen LogP contribution is 2.47. The van der Waals surface area contributed by atoms with Crippen LogP contribution in [0.3, 0.4) is 0 Å². The molecule has 21 heavy (non-hydrogen) atoms. The summed E-state index contributed by atoms with van der Waals surface area (Å²) in [6, 6.07) is 3.89. The summed E-state index contributed by atoms with van der Waals surface area (Å²) in [5, 5.41) is 0.838. The fourth-order valence-corrected chi connectivity index (χ4v) is 3.09. The number of rotatable bonds is 4. The van der Waals surface area contributed by atoms with Crippen LogP contribution in [0.5, 0.6) is 11.5 Å². The van der Waals surface area contributed by atoms with E-state index >= 15 is 0 Å². The normalized spacial score (nSPS) is 17.6. The highest BCUT2D eigenvalue weighted by atomic mass is 79.9. The summed E-state index contributed by atoms with van der Waals surface area (Å²) in [6.07, 6.45) is 5.63. The summed E-state index contributed by atoms with van der Waals surface area (Å²) in [7, 11) is 1.67. The molecular formula is C16H17Br2NO2. The first kappa shape index (κ1) is 16.2. The maximum absolute atomic E-state index is 6.03. The number of allylic oxidation sites excluding steroid dienone is 3. The SMILES string of the molecule is C=C/C=C1/Oc2cc(Br)cc(OC)c2N(CCBr)/C1=C/C. The largest absolute Gasteiger partial charge is 0.494 e. The van der Waals surface area contributed by atoms with Gasteiger partial charge in [0.1, 0.15) is 11.4 Å². The van der Waals surface area contributed by atoms with Crippen LogP contribution in [0.4, 0.5) is 5.69 Å². The van der Waals surface area contributed by atoms with Crippen molar-refractivity contribution in [1.29, 1.82) is 0 Å². The van der Waals surface area contributed by atoms with E-state index in [0.29, 0.717) is 0 Å². The molecule has 0 bridgehead atoms. The van der Waals surface area contributed by atoms with Gasteiger partial charge in [0.05, 0.1) is 12.8 Å². The Labute approximate surface area is 142 Å². The molecule has 2 rings (SSSR count). The number of ether oxygens (including phenoxy) is 2. The summed E-state index contributed by atoms with van der Waals surface area (Å²) in [6.45, 7) is 6.56. The third-order valence-electron chi connectivity index (χ3n) is 3.11. The van der Waals surface area contributed by atoms with Crippen molar-refractivity contribution in [2.45, 2.75) is 6.92 Å². The van der Waals surface area contributed by atoms with Crippen molar-refractivity contribution in [3.63, 3.8) is 0 Å². The summed E-state index contributed by atoms with van der Waals surface area (Å²) >= 11 is 7.00. The van der Waals surface area contributed by atoms with Gasteiger partial charge in [-0.15, -0.1) is 0 Å². The lowest BCUT2D eigenvalue weighted by molar-refractivity contribution is 0.391. The fourth-order valence-electron chi connectivity index (χ4n) is 2.32. The zero-order valence-electron chi connectivity index (χ0n) is 12.0. The van der Waals surface area contributed by atoms with E-state index in [1.165, 1.54) is 0 Å². The highest BCUT2D eigenvalue weighted by Gasteiger charge is 2.29. The Morgan fingerprint density at radius 1 is 1.43 bits per heavy atom. The maximum Gasteiger partial charge on any atom is 0.156 e. The van der Waals surface area contributed by atoms with E-state index in [1.807, 2.05) is 31.2 Å². The average Bonchev–Trinajstić information content (AvgIpc) is 2.46. The molecule has 0 aliphatic carbocycles. The first-order valence-corrected chi connectivity index (χ1v) is 8.46. The Hall–Kier alpha value is -1.20. The smallest absolute Gasteiger partial charge is 0.156 e. The number of alkyl halides is 1. The Morgan fingerprint density at radius 3 is 2.76 bits per heavy atom. The lowest BCUT2D eigenvalue weighted by Gasteiger charge is -2.35. The van der Waals surface area contributed by atoms with Gasteiger partial charge < -0.3 is 14.4 Å². The van der Waals surface area contributed by atoms with E-state index < -0.39 is 0 Å². The minimum absolute atomic E-state index is 0.765. The molecule has 1 aliphatic rings. The van der Waals surface area contributed by atoms with E-state index in [4.69, 9.17) is 9.47 Å². The number of hydrogen-bond acceptors (Lipinski definition) is 3. The predicted octanol–water partition coefficient (Wildman–Crippen LogP) is 5.03. The minimum Gasteiger partial charge on any atom is -0.494 e. The lowest BCUT2D eigenvalue weighted by Crippen LogP contribution is -2.31. The molecule has 0 unspecified atom stereocenters. The van der Waals surface area contributed by atoms with E-state index in [2.05, 4.69) is 43.3 Å². The third-order valence-corrected chi connectivity index (χ3v) is 3.92. The zero-order chi connectivity index (χ0) is 15.4. The van der Waals surface area contributed by atoms with Crippen molar-refractivity contribution in [3.05, 3.63) is 52.9 Å². The van der Waals surface area contributed by atoms with Crippen LogP contribution in [0.15, 0.2) is 52.9 Å². The molecule has 5 heteroatoms. The van der Waals surface area contributed by atoms with E-state index in [9.17, 15) is 0 Å². The van der Waals surface area contributed by atoms with Crippen LogP contribution < -0.4 is 14.4 Å². The van der Waals surface area contributed by atoms with Gasteiger partial charge in [0.2, 0.25) is 0 Å². The molecule has 1 aromatic rings. The van der Waals surface area contributed by atoms with Crippen molar-refractivity contribution in [3.8, 4) is 11.5 Å². The molecule has 112 valence electrons. The van der Waals surface area contributed by atoms with Gasteiger partial charge in [-0.1, -0.05) is 50.6 Å². The molecular weight excluding hydrogens is 398 g/mol. The third kappa shape index (κ3) is 3.19. The van der Waals surface area contributed by atoms with Crippen LogP contribution in [0.1, 0.15) is 6.92 Å². The van der Waals surface area contributed by atoms with Crippen LogP contribution in [0.25, 0.3) is 0 Å². The molecule has 0 aromatic heterocycles. The van der Waals surface area contributed by atoms with Gasteiger partial charge in [0, 0.05) is 16.3 Å². The Morgan fingerprint density at radius 2 is 2.19 bits per heavy atom. The van der Waals surface area contributed by atoms with Crippen LogP contribution in [-0.2, 0) is 0 Å². The predicted molar refractivity (Wildman–Crippen MR) is 94.5 cm³/mol. The first-order valence-electron chi connectivity index (χ1n) is 6.54. The monoisotopic (exact) mass is 413 g/mol. The maximum atomic E-state index is 6.03. The number of anilines is 1. The second kappa shape index (κ2) is 7.18. The second-order valence-corrected chi connectivity index (χ2v) is 6.05. The van der Waals surface area contributed by atoms with Gasteiger partial charge in [0.25, 0.3) is 0 Å². The van der Waals surface area contributed by atoms with E-state index in [1.54, 1.807) is 13.2 Å². The van der Waals surface area contributed by atoms with E-state index in [0.717, 1.165) is 45.0 Å². The fraction of sp³-hybridized carbons (Fsp3) is 0.250. The van der Waals surface area contributed by atoms with Crippen LogP contribution >= 0.6 is 31.9 Å². The standard InChI is InChI=1S/C16H17Br2NO2/c1-4-6-13-12(5-2)19(8-7-17)16-14(20-3)9-11(18)10-15(16)21-13/h4-6,9-10H,1,7-8H2,2-3H3/b12-5+,13-6+. The van der Waals surface area contributed by atoms with Crippen molar-refractivity contribution in [2.75, 3.05) is 23.9 Å². The number of halogens is 2. The van der Waals surface area contributed by atoms with Crippen LogP contribution in [0, 0.1) is 0 Å². The van der Waals surface area contributed by atoms with Gasteiger partial charge in [0.15, 0.2) is 11.5 Å². The number of methoxy groups -OCH3 is 1. The average molecular weight is 415 g/mol. The Kier molecular flexibility index (Phi) is 5.53. The second-order valence-electron chi connectivity index (χ2n) is 4.34. The van der Waals surface area contributed by atoms with Gasteiger partial charge in [-0.3, -0.25) is 0 Å². The number of benzene rings is 1. The van der Waals surface area contributed by atoms with Crippen molar-refractivity contribution in [2.24, 2.45) is 0 Å². The minimum atomic E-state index is 0.765. The Balaban J connectivity index is 2.67. The van der Waals surface area contributed by atoms with E-state index in [-0.39, 0.29) is 0 Å². The van der Waals surface area contributed by atoms with Crippen LogP contribution in [-0.4, -0.2) is 19.0 Å². The molecule has 0 atom stereocenters. The summed E-state index contributed by atoms with van der Waals surface area (Å²) in [5.41, 5.74) is 1.94. The van der Waals surface area contributed by atoms with Crippen molar-refractivity contribution < 1.29 is 9.47 Å². The molecule has 1 aromatic carbocycles. The number of nitrogens with zero attached hydrogens (tertiary/aromatic N) is 1. The molecule has 0 N–H and O–H groups in total. The highest BCUT2D eigenvalue weighted by molar-refractivity contribution is 9.10. The number of fused-ring (bicyclic) bond motifs is 1. The molecule has 1 aliphatic heterocycles. The summed E-state index contributed by atoms with van der Waals surface area (Å²) < 4.78 is 12.5. The van der Waals surface area contributed by atoms with Gasteiger partial charge >= 0.3 is 0 Å². The van der Waals surface area contributed by atoms with Gasteiger partial charge in [-0.2, -0.15) is 0 Å². The zero-order valence-corrected chi connectivity index (χ0v) is 15.2. The molecule has 0 saturated carbocycles. The van der Waals surface area contributed by atoms with Gasteiger partial charge in [-0.05, 0) is 25.1 Å². The molecule has 0 spiro atoms. The summed E-state index contributed by atoms with van der Waals surface area (Å²) in [4.78, 5) is 2.19. The van der Waals surface area contributed by atoms with Crippen molar-refractivity contribution >= 4 is 37.5 Å². The number of hydrogen-bond donors (Lipinski definition) is 0. The quantitative estimate of drug-likeness (QED) is 0.645. The van der Waals surface area contributed by atoms with Crippen LogP contribution in [0.2, 0.25) is 0 Å². The first-order chi connectivity index (χ1) is 10.2. The van der Waals surface area contributed by atoms with Crippen molar-refractivity contribution in [1.82, 2.24) is 0 Å². The Bertz CT molecular complexity index is 609. The van der Waals surface area contributed by atoms with Gasteiger partial charge in [-0.25, -0.2) is 0 Å².